The van der Waals surface area contributed by atoms with Crippen LogP contribution in [0.3, 0.4) is 0 Å². The van der Waals surface area contributed by atoms with Crippen molar-refractivity contribution in [2.75, 3.05) is 7.05 Å². The van der Waals surface area contributed by atoms with Crippen molar-refractivity contribution in [2.45, 2.75) is 45.6 Å². The number of amides is 1. The molecule has 1 spiro atoms. The Morgan fingerprint density at radius 2 is 2.08 bits per heavy atom. The van der Waals surface area contributed by atoms with Gasteiger partial charge in [0.15, 0.2) is 0 Å². The molecule has 0 bridgehead atoms. The molecule has 0 radical (unpaired) electrons. The maximum atomic E-state index is 11.7. The van der Waals surface area contributed by atoms with Crippen LogP contribution in [0.1, 0.15) is 39.5 Å². The molecule has 2 nitrogen and oxygen atoms in total. The third-order valence-electron chi connectivity index (χ3n) is 3.79. The molecule has 74 valence electrons. The maximum Gasteiger partial charge on any atom is 0.223 e. The molecule has 1 atom stereocenters. The molecular formula is C11H19NO. The van der Waals surface area contributed by atoms with Gasteiger partial charge in [-0.3, -0.25) is 4.79 Å². The minimum absolute atomic E-state index is 0.363. The molecule has 1 aliphatic heterocycles. The van der Waals surface area contributed by atoms with E-state index in [0.717, 1.165) is 6.42 Å². The van der Waals surface area contributed by atoms with Gasteiger partial charge in [0.1, 0.15) is 0 Å². The Balaban J connectivity index is 2.12. The van der Waals surface area contributed by atoms with Gasteiger partial charge in [0, 0.05) is 19.5 Å². The Bertz CT molecular complexity index is 230. The van der Waals surface area contributed by atoms with Crippen LogP contribution in [0.2, 0.25) is 0 Å². The molecule has 0 aromatic rings. The van der Waals surface area contributed by atoms with Crippen molar-refractivity contribution < 1.29 is 4.79 Å². The zero-order chi connectivity index (χ0) is 9.64. The van der Waals surface area contributed by atoms with E-state index in [2.05, 4.69) is 13.8 Å². The van der Waals surface area contributed by atoms with Gasteiger partial charge in [-0.15, -0.1) is 0 Å². The molecule has 1 amide bonds. The van der Waals surface area contributed by atoms with Gasteiger partial charge in [-0.25, -0.2) is 0 Å². The molecule has 0 aromatic heterocycles. The summed E-state index contributed by atoms with van der Waals surface area (Å²) < 4.78 is 0. The highest BCUT2D eigenvalue weighted by Crippen LogP contribution is 2.56. The van der Waals surface area contributed by atoms with E-state index in [1.165, 1.54) is 19.3 Å². The van der Waals surface area contributed by atoms with Crippen LogP contribution >= 0.6 is 0 Å². The molecule has 1 heterocycles. The van der Waals surface area contributed by atoms with E-state index in [9.17, 15) is 4.79 Å². The van der Waals surface area contributed by atoms with E-state index in [-0.39, 0.29) is 0 Å². The second-order valence-electron chi connectivity index (χ2n) is 5.20. The van der Waals surface area contributed by atoms with Crippen LogP contribution in [0.15, 0.2) is 0 Å². The third-order valence-corrected chi connectivity index (χ3v) is 3.79. The van der Waals surface area contributed by atoms with Crippen LogP contribution in [0, 0.1) is 11.3 Å². The Morgan fingerprint density at radius 1 is 1.46 bits per heavy atom. The zero-order valence-electron chi connectivity index (χ0n) is 8.84. The van der Waals surface area contributed by atoms with Gasteiger partial charge in [-0.05, 0) is 30.6 Å². The lowest BCUT2D eigenvalue weighted by molar-refractivity contribution is -0.138. The molecular weight excluding hydrogens is 162 g/mol. The summed E-state index contributed by atoms with van der Waals surface area (Å²) in [6.07, 6.45) is 4.63. The van der Waals surface area contributed by atoms with Crippen LogP contribution < -0.4 is 0 Å². The molecule has 1 unspecified atom stereocenters. The zero-order valence-corrected chi connectivity index (χ0v) is 8.84. The highest BCUT2D eigenvalue weighted by atomic mass is 16.2. The van der Waals surface area contributed by atoms with E-state index in [4.69, 9.17) is 0 Å². The molecule has 2 heteroatoms. The van der Waals surface area contributed by atoms with Gasteiger partial charge < -0.3 is 4.90 Å². The molecule has 2 aliphatic rings. The first kappa shape index (κ1) is 9.04. The van der Waals surface area contributed by atoms with Crippen molar-refractivity contribution in [3.05, 3.63) is 0 Å². The minimum atomic E-state index is 0.363. The number of rotatable bonds is 1. The number of carbonyl (C=O) groups excluding carboxylic acids is 1. The smallest absolute Gasteiger partial charge is 0.223 e. The highest BCUT2D eigenvalue weighted by Gasteiger charge is 2.50. The number of likely N-dealkylation sites (tertiary alicyclic amines) is 1. The Labute approximate surface area is 80.3 Å². The quantitative estimate of drug-likeness (QED) is 0.606. The number of nitrogens with zero attached hydrogens (tertiary/aromatic N) is 1. The van der Waals surface area contributed by atoms with Gasteiger partial charge in [0.25, 0.3) is 0 Å². The predicted molar refractivity (Wildman–Crippen MR) is 52.3 cm³/mol. The predicted octanol–water partition coefficient (Wildman–Crippen LogP) is 2.04. The van der Waals surface area contributed by atoms with Gasteiger partial charge in [0.05, 0.1) is 0 Å². The topological polar surface area (TPSA) is 20.3 Å². The lowest BCUT2D eigenvalue weighted by Crippen LogP contribution is -2.47. The van der Waals surface area contributed by atoms with Crippen LogP contribution in [0.4, 0.5) is 0 Å². The van der Waals surface area contributed by atoms with Crippen molar-refractivity contribution in [1.82, 2.24) is 4.90 Å². The highest BCUT2D eigenvalue weighted by molar-refractivity contribution is 5.78. The summed E-state index contributed by atoms with van der Waals surface area (Å²) in [4.78, 5) is 13.7. The first-order chi connectivity index (χ1) is 6.04. The third kappa shape index (κ3) is 1.47. The summed E-state index contributed by atoms with van der Waals surface area (Å²) in [6, 6.07) is 0.490. The number of hydrogen-bond donors (Lipinski definition) is 0. The molecule has 13 heavy (non-hydrogen) atoms. The first-order valence-electron chi connectivity index (χ1n) is 5.30. The summed E-state index contributed by atoms with van der Waals surface area (Å²) in [5, 5.41) is 0. The fourth-order valence-corrected chi connectivity index (χ4v) is 2.52. The molecule has 0 N–H and O–H groups in total. The largest absolute Gasteiger partial charge is 0.342 e. The molecule has 1 saturated heterocycles. The fraction of sp³-hybridized carbons (Fsp3) is 0.909. The van der Waals surface area contributed by atoms with Crippen molar-refractivity contribution in [3.8, 4) is 0 Å². The van der Waals surface area contributed by atoms with Gasteiger partial charge in [-0.1, -0.05) is 13.8 Å². The van der Waals surface area contributed by atoms with E-state index < -0.39 is 0 Å². The number of carbonyl (C=O) groups is 1. The minimum Gasteiger partial charge on any atom is -0.342 e. The number of hydrogen-bond acceptors (Lipinski definition) is 1. The van der Waals surface area contributed by atoms with Crippen molar-refractivity contribution in [2.24, 2.45) is 11.3 Å². The summed E-state index contributed by atoms with van der Waals surface area (Å²) in [5.74, 6) is 0.967. The average molecular weight is 181 g/mol. The lowest BCUT2D eigenvalue weighted by Gasteiger charge is -2.39. The second-order valence-corrected chi connectivity index (χ2v) is 5.20. The summed E-state index contributed by atoms with van der Waals surface area (Å²) in [7, 11) is 1.96. The van der Waals surface area contributed by atoms with Gasteiger partial charge >= 0.3 is 0 Å². The standard InChI is InChI=1S/C11H19NO/c1-8(2)9-6-11(4-5-11)7-10(13)12(9)3/h8-9H,4-7H2,1-3H3. The van der Waals surface area contributed by atoms with Gasteiger partial charge in [-0.2, -0.15) is 0 Å². The van der Waals surface area contributed by atoms with Crippen molar-refractivity contribution in [1.29, 1.82) is 0 Å². The van der Waals surface area contributed by atoms with E-state index in [1.54, 1.807) is 0 Å². The van der Waals surface area contributed by atoms with Crippen LogP contribution in [0.5, 0.6) is 0 Å². The summed E-state index contributed by atoms with van der Waals surface area (Å²) >= 11 is 0. The molecule has 1 aliphatic carbocycles. The first-order valence-corrected chi connectivity index (χ1v) is 5.30. The normalized spacial score (nSPS) is 31.5. The second kappa shape index (κ2) is 2.73. The summed E-state index contributed by atoms with van der Waals surface area (Å²) in [6.45, 7) is 4.44. The van der Waals surface area contributed by atoms with Crippen molar-refractivity contribution >= 4 is 5.91 Å². The van der Waals surface area contributed by atoms with Crippen molar-refractivity contribution in [3.63, 3.8) is 0 Å². The molecule has 2 fully saturated rings. The Morgan fingerprint density at radius 3 is 2.54 bits per heavy atom. The van der Waals surface area contributed by atoms with Crippen LogP contribution in [-0.4, -0.2) is 23.9 Å². The Hall–Kier alpha value is -0.530. The lowest BCUT2D eigenvalue weighted by atomic mass is 9.83. The molecule has 2 rings (SSSR count). The van der Waals surface area contributed by atoms with Crippen LogP contribution in [0.25, 0.3) is 0 Å². The number of piperidine rings is 1. The monoisotopic (exact) mass is 181 g/mol. The SMILES string of the molecule is CC(C)C1CC2(CC2)CC(=O)N1C. The van der Waals surface area contributed by atoms with E-state index in [1.807, 2.05) is 11.9 Å². The van der Waals surface area contributed by atoms with Gasteiger partial charge in [0.2, 0.25) is 5.91 Å². The maximum absolute atomic E-state index is 11.7. The average Bonchev–Trinajstić information content (AvgIpc) is 2.78. The fourth-order valence-electron chi connectivity index (χ4n) is 2.52. The molecule has 1 saturated carbocycles. The van der Waals surface area contributed by atoms with Crippen LogP contribution in [-0.2, 0) is 4.79 Å². The Kier molecular flexibility index (Phi) is 1.90. The van der Waals surface area contributed by atoms with E-state index >= 15 is 0 Å². The summed E-state index contributed by atoms with van der Waals surface area (Å²) in [5.41, 5.74) is 0.443. The molecule has 0 aromatic carbocycles. The van der Waals surface area contributed by atoms with E-state index in [0.29, 0.717) is 23.3 Å².